The fourth-order valence-electron chi connectivity index (χ4n) is 7.35. The molecule has 1 amide bonds. The third-order valence-corrected chi connectivity index (χ3v) is 11.3. The number of ketones is 2. The summed E-state index contributed by atoms with van der Waals surface area (Å²) in [4.78, 5) is 92.6. The summed E-state index contributed by atoms with van der Waals surface area (Å²) in [7, 11) is 0. The Morgan fingerprint density at radius 1 is 0.424 bits per heavy atom. The first-order chi connectivity index (χ1) is 31.6. The van der Waals surface area contributed by atoms with Crippen molar-refractivity contribution < 1.29 is 57.2 Å². The van der Waals surface area contributed by atoms with E-state index in [1.165, 1.54) is 6.42 Å². The Morgan fingerprint density at radius 3 is 1.21 bits per heavy atom. The second-order valence-corrected chi connectivity index (χ2v) is 19.3. The summed E-state index contributed by atoms with van der Waals surface area (Å²) < 4.78 is 28.0. The number of amides is 1. The number of unbranched alkanes of at least 4 members (excludes halogenated alkanes) is 20. The van der Waals surface area contributed by atoms with Crippen molar-refractivity contribution in [2.45, 2.75) is 259 Å². The molecule has 66 heavy (non-hydrogen) atoms. The Bertz CT molecular complexity index is 1160. The van der Waals surface area contributed by atoms with E-state index in [-0.39, 0.29) is 64.1 Å². The average molecular weight is 938 g/mol. The van der Waals surface area contributed by atoms with E-state index < -0.39 is 66.5 Å². The third-order valence-electron chi connectivity index (χ3n) is 11.3. The number of carbonyl (C=O) groups excluding carboxylic acids is 7. The van der Waals surface area contributed by atoms with E-state index in [0.717, 1.165) is 133 Å². The highest BCUT2D eigenvalue weighted by molar-refractivity contribution is 5.87. The lowest BCUT2D eigenvalue weighted by Crippen LogP contribution is -2.44. The van der Waals surface area contributed by atoms with E-state index in [0.29, 0.717) is 25.7 Å². The molecule has 13 nitrogen and oxygen atoms in total. The van der Waals surface area contributed by atoms with Gasteiger partial charge in [0.25, 0.3) is 0 Å². The molecule has 0 N–H and O–H groups in total. The number of nitrogens with zero attached hydrogens (tertiary/aromatic N) is 1. The van der Waals surface area contributed by atoms with Gasteiger partial charge < -0.3 is 23.7 Å². The highest BCUT2D eigenvalue weighted by Gasteiger charge is 2.29. The van der Waals surface area contributed by atoms with Gasteiger partial charge in [-0.15, -0.1) is 0 Å². The molecule has 0 aromatic rings. The van der Waals surface area contributed by atoms with Gasteiger partial charge in [-0.1, -0.05) is 156 Å². The van der Waals surface area contributed by atoms with Crippen LogP contribution in [0.15, 0.2) is 0 Å². The molecule has 0 rings (SSSR count). The predicted octanol–water partition coefficient (Wildman–Crippen LogP) is 12.7. The Morgan fingerprint density at radius 2 is 0.803 bits per heavy atom. The topological polar surface area (TPSA) is 169 Å². The summed E-state index contributed by atoms with van der Waals surface area (Å²) in [5.74, 6) is -3.20. The van der Waals surface area contributed by atoms with E-state index >= 15 is 0 Å². The van der Waals surface area contributed by atoms with Crippen LogP contribution < -0.4 is 0 Å². The molecule has 1 unspecified atom stereocenters. The monoisotopic (exact) mass is 938 g/mol. The first-order valence-electron chi connectivity index (χ1n) is 26.3. The van der Waals surface area contributed by atoms with Gasteiger partial charge in [0, 0.05) is 44.4 Å². The lowest BCUT2D eigenvalue weighted by atomic mass is 10.0. The maximum absolute atomic E-state index is 13.7. The number of rotatable bonds is 44. The molecule has 0 aromatic heterocycles. The van der Waals surface area contributed by atoms with Crippen molar-refractivity contribution in [3.63, 3.8) is 0 Å². The van der Waals surface area contributed by atoms with E-state index in [1.807, 2.05) is 0 Å². The minimum Gasteiger partial charge on any atom is -0.465 e. The van der Waals surface area contributed by atoms with Crippen LogP contribution in [0.4, 0.5) is 4.79 Å². The number of esters is 4. The molecular formula is C53H95NO12. The molecule has 0 heterocycles. The van der Waals surface area contributed by atoms with Crippen LogP contribution in [0.1, 0.15) is 248 Å². The van der Waals surface area contributed by atoms with Gasteiger partial charge in [-0.05, 0) is 52.9 Å². The van der Waals surface area contributed by atoms with E-state index in [9.17, 15) is 33.6 Å². The van der Waals surface area contributed by atoms with E-state index in [2.05, 4.69) is 27.7 Å². The van der Waals surface area contributed by atoms with Crippen molar-refractivity contribution in [2.75, 3.05) is 32.9 Å². The average Bonchev–Trinajstić information content (AvgIpc) is 3.26. The van der Waals surface area contributed by atoms with Crippen LogP contribution >= 0.6 is 0 Å². The summed E-state index contributed by atoms with van der Waals surface area (Å²) in [5, 5.41) is 0. The van der Waals surface area contributed by atoms with Gasteiger partial charge in [-0.25, -0.2) is 4.79 Å². The van der Waals surface area contributed by atoms with Gasteiger partial charge in [0.15, 0.2) is 5.78 Å². The van der Waals surface area contributed by atoms with Gasteiger partial charge in [0.2, 0.25) is 0 Å². The van der Waals surface area contributed by atoms with Gasteiger partial charge in [-0.2, -0.15) is 0 Å². The Hall–Kier alpha value is -3.51. The number of carbonyl (C=O) groups is 7. The first kappa shape index (κ1) is 62.5. The largest absolute Gasteiger partial charge is 0.465 e. The molecule has 0 saturated carbocycles. The smallest absolute Gasteiger partial charge is 0.411 e. The van der Waals surface area contributed by atoms with E-state index in [4.69, 9.17) is 23.7 Å². The van der Waals surface area contributed by atoms with Gasteiger partial charge in [0.05, 0.1) is 19.8 Å². The van der Waals surface area contributed by atoms with Gasteiger partial charge >= 0.3 is 30.0 Å². The molecule has 1 atom stereocenters. The minimum absolute atomic E-state index is 0.0293. The summed E-state index contributed by atoms with van der Waals surface area (Å²) in [6.07, 6.45) is 23.8. The predicted molar refractivity (Wildman–Crippen MR) is 260 cm³/mol. The molecule has 384 valence electrons. The molecule has 13 heteroatoms. The Kier molecular flexibility index (Phi) is 39.4. The minimum atomic E-state index is -0.956. The maximum atomic E-state index is 13.7. The molecule has 0 bridgehead atoms. The fourth-order valence-corrected chi connectivity index (χ4v) is 7.35. The summed E-state index contributed by atoms with van der Waals surface area (Å²) in [6, 6.07) is 0. The van der Waals surface area contributed by atoms with Gasteiger partial charge in [0.1, 0.15) is 30.6 Å². The molecule has 0 fully saturated rings. The van der Waals surface area contributed by atoms with Crippen LogP contribution in [0, 0.1) is 5.92 Å². The Balaban J connectivity index is 5.87. The molecule has 0 aromatic carbocycles. The molecule has 0 spiro atoms. The molecule has 0 aliphatic heterocycles. The standard InChI is InChI=1S/C53H95NO12/c1-8-12-16-20-24-28-32-45(55)36-37-47(43-64-50(59)35-31-27-23-19-15-11-4)65-51(60)40-54(52(61)66-53(5,6)7)39-46(56)38-44(41-62-48(57)33-29-25-21-17-13-9-2)42-63-49(58)34-30-26-22-18-14-10-3/h44,47H,8-43H2,1-7H3. The van der Waals surface area contributed by atoms with E-state index in [1.54, 1.807) is 20.8 Å². The van der Waals surface area contributed by atoms with Crippen molar-refractivity contribution in [3.8, 4) is 0 Å². The zero-order chi connectivity index (χ0) is 49.3. The van der Waals surface area contributed by atoms with Gasteiger partial charge in [-0.3, -0.25) is 33.7 Å². The third kappa shape index (κ3) is 39.6. The van der Waals surface area contributed by atoms with Crippen molar-refractivity contribution >= 4 is 41.5 Å². The lowest BCUT2D eigenvalue weighted by molar-refractivity contribution is -0.160. The zero-order valence-electron chi connectivity index (χ0n) is 43.0. The first-order valence-corrected chi connectivity index (χ1v) is 26.3. The zero-order valence-corrected chi connectivity index (χ0v) is 43.0. The molecule has 0 aliphatic rings. The molecule has 0 radical (unpaired) electrons. The number of hydrogen-bond acceptors (Lipinski definition) is 12. The lowest BCUT2D eigenvalue weighted by Gasteiger charge is -2.27. The highest BCUT2D eigenvalue weighted by atomic mass is 16.6. The van der Waals surface area contributed by atoms with Crippen molar-refractivity contribution in [1.82, 2.24) is 4.90 Å². The number of ether oxygens (including phenoxy) is 5. The Labute approximate surface area is 400 Å². The summed E-state index contributed by atoms with van der Waals surface area (Å²) >= 11 is 0. The molecule has 0 saturated heterocycles. The van der Waals surface area contributed by atoms with Crippen LogP contribution in [0.5, 0.6) is 0 Å². The van der Waals surface area contributed by atoms with Crippen molar-refractivity contribution in [2.24, 2.45) is 5.92 Å². The SMILES string of the molecule is CCCCCCCCC(=O)CCC(COC(=O)CCCCCCCC)OC(=O)CN(CC(=O)CC(COC(=O)CCCCCCCC)COC(=O)CCCCCCCC)C(=O)OC(C)(C)C. The number of Topliss-reactive ketones (excluding diaryl/α,β-unsaturated/α-hetero) is 2. The number of hydrogen-bond donors (Lipinski definition) is 0. The normalized spacial score (nSPS) is 11.8. The van der Waals surface area contributed by atoms with Crippen LogP contribution in [0.25, 0.3) is 0 Å². The second-order valence-electron chi connectivity index (χ2n) is 19.3. The summed E-state index contributed by atoms with van der Waals surface area (Å²) in [5.41, 5.74) is -0.956. The van der Waals surface area contributed by atoms with Crippen LogP contribution in [0.2, 0.25) is 0 Å². The second kappa shape index (κ2) is 41.7. The molecular weight excluding hydrogens is 843 g/mol. The van der Waals surface area contributed by atoms with Crippen LogP contribution in [-0.2, 0) is 52.5 Å². The maximum Gasteiger partial charge on any atom is 0.411 e. The molecule has 0 aliphatic carbocycles. The summed E-state index contributed by atoms with van der Waals surface area (Å²) in [6.45, 7) is 11.8. The van der Waals surface area contributed by atoms with Crippen LogP contribution in [0.3, 0.4) is 0 Å². The quantitative estimate of drug-likeness (QED) is 0.0322. The fraction of sp³-hybridized carbons (Fsp3) is 0.868. The highest BCUT2D eigenvalue weighted by Crippen LogP contribution is 2.17. The van der Waals surface area contributed by atoms with Crippen LogP contribution in [-0.4, -0.2) is 91.1 Å². The van der Waals surface area contributed by atoms with Crippen molar-refractivity contribution in [1.29, 1.82) is 0 Å². The van der Waals surface area contributed by atoms with Crippen molar-refractivity contribution in [3.05, 3.63) is 0 Å².